The number of urea groups is 1. The van der Waals surface area contributed by atoms with Gasteiger partial charge in [-0.25, -0.2) is 4.79 Å². The maximum absolute atomic E-state index is 12.7. The molecule has 0 bridgehead atoms. The van der Waals surface area contributed by atoms with Crippen molar-refractivity contribution >= 4 is 35.2 Å². The Hall–Kier alpha value is -3.06. The molecule has 3 N–H and O–H groups in total. The third kappa shape index (κ3) is 6.50. The summed E-state index contributed by atoms with van der Waals surface area (Å²) in [5, 5.41) is 3.03. The number of hydrogen-bond acceptors (Lipinski definition) is 4. The first-order valence-corrected chi connectivity index (χ1v) is 9.57. The fourth-order valence-electron chi connectivity index (χ4n) is 2.87. The topological polar surface area (TPSA) is 102 Å². The summed E-state index contributed by atoms with van der Waals surface area (Å²) in [5.41, 5.74) is 6.58. The summed E-state index contributed by atoms with van der Waals surface area (Å²) in [6, 6.07) is 14.3. The molecule has 0 saturated carbocycles. The Kier molecular flexibility index (Phi) is 8.03. The van der Waals surface area contributed by atoms with Crippen LogP contribution in [0.25, 0.3) is 0 Å². The molecule has 2 aromatic carbocycles. The number of nitrogens with zero attached hydrogens (tertiary/aromatic N) is 1. The number of para-hydroxylation sites is 1. The minimum Gasteiger partial charge on any atom is -0.452 e. The van der Waals surface area contributed by atoms with Crippen LogP contribution in [0.4, 0.5) is 10.5 Å². The predicted octanol–water partition coefficient (Wildman–Crippen LogP) is 3.42. The summed E-state index contributed by atoms with van der Waals surface area (Å²) in [6.07, 6.45) is -1.17. The zero-order valence-corrected chi connectivity index (χ0v) is 17.1. The normalized spacial score (nSPS) is 12.5. The molecule has 0 spiro atoms. The Morgan fingerprint density at radius 3 is 2.28 bits per heavy atom. The van der Waals surface area contributed by atoms with E-state index in [2.05, 4.69) is 5.32 Å². The molecule has 2 atom stereocenters. The van der Waals surface area contributed by atoms with E-state index in [9.17, 15) is 14.4 Å². The average molecular weight is 418 g/mol. The zero-order valence-electron chi connectivity index (χ0n) is 16.3. The molecule has 0 heterocycles. The molecule has 0 aliphatic rings. The standard InChI is InChI=1S/C21H24ClN3O4/c1-3-25(17-7-5-4-6-8-17)20(27)14(2)29-19(26)13-18(24-21(23)28)15-9-11-16(22)12-10-15/h4-12,14,18H,3,13H2,1-2H3,(H3,23,24,28)/t14-,18-/m1/s1. The summed E-state index contributed by atoms with van der Waals surface area (Å²) >= 11 is 5.88. The third-order valence-electron chi connectivity index (χ3n) is 4.27. The first-order valence-electron chi connectivity index (χ1n) is 9.19. The minimum atomic E-state index is -0.984. The van der Waals surface area contributed by atoms with Gasteiger partial charge in [-0.15, -0.1) is 0 Å². The lowest BCUT2D eigenvalue weighted by atomic mass is 10.0. The van der Waals surface area contributed by atoms with Gasteiger partial charge in [-0.2, -0.15) is 0 Å². The van der Waals surface area contributed by atoms with Crippen LogP contribution in [0.5, 0.6) is 0 Å². The Morgan fingerprint density at radius 1 is 1.10 bits per heavy atom. The smallest absolute Gasteiger partial charge is 0.312 e. The fourth-order valence-corrected chi connectivity index (χ4v) is 3.00. The molecule has 29 heavy (non-hydrogen) atoms. The quantitative estimate of drug-likeness (QED) is 0.642. The number of primary amides is 1. The molecule has 7 nitrogen and oxygen atoms in total. The predicted molar refractivity (Wildman–Crippen MR) is 112 cm³/mol. The summed E-state index contributed by atoms with van der Waals surface area (Å²) < 4.78 is 5.33. The molecule has 2 aromatic rings. The molecule has 154 valence electrons. The molecule has 0 fully saturated rings. The van der Waals surface area contributed by atoms with Gasteiger partial charge >= 0.3 is 12.0 Å². The van der Waals surface area contributed by atoms with Crippen molar-refractivity contribution in [2.24, 2.45) is 5.73 Å². The lowest BCUT2D eigenvalue weighted by molar-refractivity contribution is -0.154. The second-order valence-corrected chi connectivity index (χ2v) is 6.80. The molecule has 0 aliphatic carbocycles. The van der Waals surface area contributed by atoms with Crippen LogP contribution in [0, 0.1) is 0 Å². The van der Waals surface area contributed by atoms with Crippen molar-refractivity contribution in [2.45, 2.75) is 32.4 Å². The van der Waals surface area contributed by atoms with Crippen molar-refractivity contribution in [3.8, 4) is 0 Å². The van der Waals surface area contributed by atoms with Crippen molar-refractivity contribution in [2.75, 3.05) is 11.4 Å². The number of anilines is 1. The van der Waals surface area contributed by atoms with Crippen molar-refractivity contribution in [1.29, 1.82) is 0 Å². The van der Waals surface area contributed by atoms with Crippen molar-refractivity contribution in [1.82, 2.24) is 5.32 Å². The number of esters is 1. The molecule has 2 rings (SSSR count). The number of benzene rings is 2. The van der Waals surface area contributed by atoms with E-state index in [1.807, 2.05) is 37.3 Å². The molecule has 0 unspecified atom stereocenters. The van der Waals surface area contributed by atoms with E-state index in [1.165, 1.54) is 11.8 Å². The summed E-state index contributed by atoms with van der Waals surface area (Å²) in [4.78, 5) is 38.0. The molecule has 0 radical (unpaired) electrons. The Balaban J connectivity index is 2.05. The van der Waals surface area contributed by atoms with E-state index < -0.39 is 24.1 Å². The molecular weight excluding hydrogens is 394 g/mol. The second-order valence-electron chi connectivity index (χ2n) is 6.37. The van der Waals surface area contributed by atoms with Crippen LogP contribution in [0.1, 0.15) is 31.9 Å². The Labute approximate surface area is 174 Å². The summed E-state index contributed by atoms with van der Waals surface area (Å²) in [6.45, 7) is 3.79. The van der Waals surface area contributed by atoms with E-state index in [0.29, 0.717) is 17.1 Å². The molecule has 8 heteroatoms. The maximum Gasteiger partial charge on any atom is 0.312 e. The Morgan fingerprint density at radius 2 is 1.72 bits per heavy atom. The van der Waals surface area contributed by atoms with E-state index in [4.69, 9.17) is 22.1 Å². The van der Waals surface area contributed by atoms with Crippen LogP contribution in [0.2, 0.25) is 5.02 Å². The molecule has 3 amide bonds. The monoisotopic (exact) mass is 417 g/mol. The van der Waals surface area contributed by atoms with Gasteiger partial charge in [-0.1, -0.05) is 41.9 Å². The minimum absolute atomic E-state index is 0.181. The van der Waals surface area contributed by atoms with Crippen LogP contribution in [0.3, 0.4) is 0 Å². The lowest BCUT2D eigenvalue weighted by Crippen LogP contribution is -2.41. The van der Waals surface area contributed by atoms with E-state index in [1.54, 1.807) is 24.3 Å². The van der Waals surface area contributed by atoms with Gasteiger partial charge in [0.1, 0.15) is 0 Å². The van der Waals surface area contributed by atoms with Crippen molar-refractivity contribution in [3.63, 3.8) is 0 Å². The number of nitrogens with one attached hydrogen (secondary N) is 1. The van der Waals surface area contributed by atoms with Gasteiger partial charge in [-0.3, -0.25) is 9.59 Å². The number of ether oxygens (including phenoxy) is 1. The Bertz CT molecular complexity index is 843. The number of amides is 3. The summed E-state index contributed by atoms with van der Waals surface area (Å²) in [7, 11) is 0. The van der Waals surface area contributed by atoms with E-state index >= 15 is 0 Å². The van der Waals surface area contributed by atoms with Crippen LogP contribution in [-0.4, -0.2) is 30.6 Å². The first-order chi connectivity index (χ1) is 13.8. The fraction of sp³-hybridized carbons (Fsp3) is 0.286. The number of likely N-dealkylation sites (N-methyl/N-ethyl adjacent to an activating group) is 1. The number of nitrogens with two attached hydrogens (primary N) is 1. The molecule has 0 saturated heterocycles. The molecule has 0 aliphatic heterocycles. The third-order valence-corrected chi connectivity index (χ3v) is 4.52. The van der Waals surface area contributed by atoms with E-state index in [-0.39, 0.29) is 12.3 Å². The van der Waals surface area contributed by atoms with Gasteiger partial charge in [0.05, 0.1) is 12.5 Å². The van der Waals surface area contributed by atoms with E-state index in [0.717, 1.165) is 5.69 Å². The van der Waals surface area contributed by atoms with Crippen LogP contribution in [-0.2, 0) is 14.3 Å². The number of halogens is 1. The zero-order chi connectivity index (χ0) is 21.4. The second kappa shape index (κ2) is 10.5. The number of hydrogen-bond donors (Lipinski definition) is 2. The number of rotatable bonds is 8. The SMILES string of the molecule is CCN(C(=O)[C@@H](C)OC(=O)C[C@@H](NC(N)=O)c1ccc(Cl)cc1)c1ccccc1. The van der Waals surface area contributed by atoms with Crippen LogP contribution >= 0.6 is 11.6 Å². The van der Waals surface area contributed by atoms with Crippen molar-refractivity contribution < 1.29 is 19.1 Å². The van der Waals surface area contributed by atoms with Gasteiger partial charge in [0.25, 0.3) is 5.91 Å². The largest absolute Gasteiger partial charge is 0.452 e. The van der Waals surface area contributed by atoms with Gasteiger partial charge in [0.15, 0.2) is 6.10 Å². The highest BCUT2D eigenvalue weighted by molar-refractivity contribution is 6.30. The first kappa shape index (κ1) is 22.2. The highest BCUT2D eigenvalue weighted by Gasteiger charge is 2.26. The lowest BCUT2D eigenvalue weighted by Gasteiger charge is -2.25. The highest BCUT2D eigenvalue weighted by atomic mass is 35.5. The van der Waals surface area contributed by atoms with Gasteiger partial charge in [0, 0.05) is 17.3 Å². The van der Waals surface area contributed by atoms with Crippen LogP contribution < -0.4 is 16.0 Å². The maximum atomic E-state index is 12.7. The average Bonchev–Trinajstić information content (AvgIpc) is 2.69. The number of carbonyl (C=O) groups is 3. The van der Waals surface area contributed by atoms with Crippen LogP contribution in [0.15, 0.2) is 54.6 Å². The van der Waals surface area contributed by atoms with Gasteiger partial charge in [-0.05, 0) is 43.7 Å². The molecule has 0 aromatic heterocycles. The number of carbonyl (C=O) groups excluding carboxylic acids is 3. The molecular formula is C21H24ClN3O4. The van der Waals surface area contributed by atoms with Gasteiger partial charge in [0.2, 0.25) is 0 Å². The highest BCUT2D eigenvalue weighted by Crippen LogP contribution is 2.21. The van der Waals surface area contributed by atoms with Crippen molar-refractivity contribution in [3.05, 3.63) is 65.2 Å². The van der Waals surface area contributed by atoms with Gasteiger partial charge < -0.3 is 20.7 Å². The summed E-state index contributed by atoms with van der Waals surface area (Å²) in [5.74, 6) is -0.971.